The monoisotopic (exact) mass is 1470 g/mol. The number of H-pyrrole nitrogens is 3. The summed E-state index contributed by atoms with van der Waals surface area (Å²) in [5, 5.41) is 7.51. The van der Waals surface area contributed by atoms with Gasteiger partial charge in [-0.15, -0.1) is 0 Å². The van der Waals surface area contributed by atoms with E-state index in [4.69, 9.17) is 4.98 Å². The van der Waals surface area contributed by atoms with Crippen molar-refractivity contribution in [3.63, 3.8) is 0 Å². The molecule has 0 aliphatic carbocycles. The molecule has 94 heavy (non-hydrogen) atoms. The molecular weight excluding hydrogens is 1420 g/mol. The SMILES string of the molecule is O=C(NCC(S(=O)(=O)O)S(=O)(=O)O)c1cc(C(=O)NCC(S(=O)(=O)O)S(=O)(=O)O)cc(-c2c3nc(c(-c4ccc(F)cc4)c4ccc([nH]4)c(-c4cc(C(=O)NCC(S(=O)(=O)O)S(=O)(=O)O)cc(C(=O)NCC(S(=O)(=O)O)S(=O)(=O)O)c4)c4ccc([nH]4)c4ccc2[nH]4)C=C3)c1. The van der Waals surface area contributed by atoms with Crippen LogP contribution in [0, 0.1) is 5.82 Å². The first-order valence-corrected chi connectivity index (χ1v) is 37.5. The minimum absolute atomic E-state index is 0.00385. The minimum atomic E-state index is -5.68. The van der Waals surface area contributed by atoms with E-state index < -0.39 is 177 Å². The number of aromatic nitrogens is 4. The highest BCUT2D eigenvalue weighted by Gasteiger charge is 2.40. The van der Waals surface area contributed by atoms with E-state index in [0.717, 1.165) is 48.5 Å². The smallest absolute Gasteiger partial charge is 0.286 e. The first-order valence-electron chi connectivity index (χ1n) is 25.4. The third kappa shape index (κ3) is 16.5. The van der Waals surface area contributed by atoms with Crippen LogP contribution < -0.4 is 21.3 Å². The number of amides is 4. The molecule has 4 amide bonds. The Hall–Kier alpha value is -8.52. The lowest BCUT2D eigenvalue weighted by atomic mass is 9.97. The predicted octanol–water partition coefficient (Wildman–Crippen LogP) is 1.16. The quantitative estimate of drug-likeness (QED) is 0.0400. The fourth-order valence-corrected chi connectivity index (χ4v) is 16.6. The highest BCUT2D eigenvalue weighted by atomic mass is 32.3. The van der Waals surface area contributed by atoms with Gasteiger partial charge in [-0.3, -0.25) is 55.6 Å². The Morgan fingerprint density at radius 3 is 0.851 bits per heavy atom. The largest absolute Gasteiger partial charge is 0.354 e. The van der Waals surface area contributed by atoms with E-state index >= 15 is 0 Å². The number of nitrogens with one attached hydrogen (secondary N) is 7. The number of aromatic amines is 3. The van der Waals surface area contributed by atoms with E-state index in [-0.39, 0.29) is 77.9 Å². The molecule has 15 N–H and O–H groups in total. The average Bonchev–Trinajstić information content (AvgIpc) is 1.57. The average molecular weight is 1470 g/mol. The molecular formula is C49H45FN8O28S8. The van der Waals surface area contributed by atoms with Crippen LogP contribution in [0.3, 0.4) is 0 Å². The summed E-state index contributed by atoms with van der Waals surface area (Å²) in [5.74, 6) is -6.52. The molecule has 4 aromatic heterocycles. The van der Waals surface area contributed by atoms with Gasteiger partial charge < -0.3 is 36.2 Å². The van der Waals surface area contributed by atoms with Crippen LogP contribution in [0.2, 0.25) is 0 Å². The van der Waals surface area contributed by atoms with E-state index in [1.54, 1.807) is 0 Å². The van der Waals surface area contributed by atoms with Gasteiger partial charge in [0.1, 0.15) is 5.82 Å². The molecule has 0 radical (unpaired) electrons. The molecule has 0 fully saturated rings. The Kier molecular flexibility index (Phi) is 19.7. The molecule has 45 heteroatoms. The lowest BCUT2D eigenvalue weighted by Gasteiger charge is -2.15. The number of rotatable bonds is 23. The summed E-state index contributed by atoms with van der Waals surface area (Å²) in [6.07, 6.45) is 2.78. The molecule has 3 aromatic carbocycles. The number of fused-ring (bicyclic) bond motifs is 9. The van der Waals surface area contributed by atoms with Gasteiger partial charge >= 0.3 is 0 Å². The normalized spacial score (nSPS) is 13.2. The van der Waals surface area contributed by atoms with E-state index in [1.165, 1.54) is 60.7 Å². The molecule has 7 aromatic rings. The summed E-state index contributed by atoms with van der Waals surface area (Å²) < 4.78 is 271. The predicted molar refractivity (Wildman–Crippen MR) is 328 cm³/mol. The van der Waals surface area contributed by atoms with Crippen molar-refractivity contribution in [3.05, 3.63) is 137 Å². The lowest BCUT2D eigenvalue weighted by molar-refractivity contribution is 0.0939. The Bertz CT molecular complexity index is 5130. The van der Waals surface area contributed by atoms with Gasteiger partial charge in [0.25, 0.3) is 105 Å². The van der Waals surface area contributed by atoms with Crippen molar-refractivity contribution in [2.75, 3.05) is 26.2 Å². The second-order valence-electron chi connectivity index (χ2n) is 20.0. The van der Waals surface area contributed by atoms with Gasteiger partial charge in [-0.25, -0.2) is 9.37 Å². The zero-order valence-corrected chi connectivity index (χ0v) is 52.9. The molecule has 1 aliphatic rings. The number of hydrogen-bond donors (Lipinski definition) is 15. The van der Waals surface area contributed by atoms with E-state index in [2.05, 4.69) is 15.0 Å². The van der Waals surface area contributed by atoms with Gasteiger partial charge in [0.2, 0.25) is 18.3 Å². The Labute approximate surface area is 529 Å². The van der Waals surface area contributed by atoms with Crippen molar-refractivity contribution in [2.24, 2.45) is 0 Å². The zero-order valence-electron chi connectivity index (χ0n) is 46.4. The van der Waals surface area contributed by atoms with Gasteiger partial charge in [0.05, 0.1) is 48.6 Å². The number of carbonyl (C=O) groups excluding carboxylic acids is 4. The second-order valence-corrected chi connectivity index (χ2v) is 34.0. The van der Waals surface area contributed by atoms with Crippen LogP contribution >= 0.6 is 0 Å². The minimum Gasteiger partial charge on any atom is -0.354 e. The topological polar surface area (TPSA) is 612 Å². The molecule has 1 aliphatic heterocycles. The fourth-order valence-electron chi connectivity index (χ4n) is 9.32. The highest BCUT2D eigenvalue weighted by Crippen LogP contribution is 2.38. The molecule has 36 nitrogen and oxygen atoms in total. The van der Waals surface area contributed by atoms with Crippen LogP contribution in [-0.4, -0.2) is 192 Å². The molecule has 0 saturated heterocycles. The first-order chi connectivity index (χ1) is 43.2. The summed E-state index contributed by atoms with van der Waals surface area (Å²) in [6, 6.07) is 18.7. The summed E-state index contributed by atoms with van der Waals surface area (Å²) >= 11 is 0. The third-order valence-corrected chi connectivity index (χ3v) is 26.1. The number of halogens is 1. The molecule has 0 atom stereocenters. The molecule has 504 valence electrons. The van der Waals surface area contributed by atoms with Crippen molar-refractivity contribution in [1.82, 2.24) is 41.2 Å². The lowest BCUT2D eigenvalue weighted by Crippen LogP contribution is -2.42. The Morgan fingerprint density at radius 2 is 0.574 bits per heavy atom. The highest BCUT2D eigenvalue weighted by molar-refractivity contribution is 8.05. The van der Waals surface area contributed by atoms with Gasteiger partial charge in [0.15, 0.2) is 0 Å². The molecule has 0 spiro atoms. The fraction of sp³-hybridized carbons (Fsp3) is 0.163. The van der Waals surface area contributed by atoms with Gasteiger partial charge in [-0.05, 0) is 114 Å². The molecule has 8 bridgehead atoms. The maximum atomic E-state index is 14.7. The van der Waals surface area contributed by atoms with Crippen molar-refractivity contribution in [2.45, 2.75) is 18.3 Å². The molecule has 0 saturated carbocycles. The van der Waals surface area contributed by atoms with E-state index in [9.17, 15) is 127 Å². The van der Waals surface area contributed by atoms with Crippen molar-refractivity contribution in [1.29, 1.82) is 0 Å². The summed E-state index contributed by atoms with van der Waals surface area (Å²) in [5.41, 5.74) is -2.74. The number of nitrogens with zero attached hydrogens (tertiary/aromatic N) is 1. The maximum absolute atomic E-state index is 14.7. The zero-order chi connectivity index (χ0) is 69.8. The van der Waals surface area contributed by atoms with Gasteiger partial charge in [-0.1, -0.05) is 12.1 Å². The van der Waals surface area contributed by atoms with Crippen LogP contribution in [0.5, 0.6) is 0 Å². The number of benzene rings is 3. The Morgan fingerprint density at radius 1 is 0.340 bits per heavy atom. The molecule has 0 unspecified atom stereocenters. The van der Waals surface area contributed by atoms with Crippen molar-refractivity contribution >= 4 is 150 Å². The number of carbonyl (C=O) groups is 4. The number of hydrogen-bond acceptors (Lipinski definition) is 21. The van der Waals surface area contributed by atoms with Gasteiger partial charge in [0, 0.05) is 61.0 Å². The summed E-state index contributed by atoms with van der Waals surface area (Å²) in [6.45, 7) is -6.19. The molecule has 5 heterocycles. The summed E-state index contributed by atoms with van der Waals surface area (Å²) in [4.78, 5) is 70.2. The van der Waals surface area contributed by atoms with Crippen LogP contribution in [0.1, 0.15) is 52.8 Å². The van der Waals surface area contributed by atoms with E-state index in [1.807, 2.05) is 21.3 Å². The third-order valence-electron chi connectivity index (χ3n) is 13.6. The van der Waals surface area contributed by atoms with Crippen LogP contribution in [0.4, 0.5) is 4.39 Å². The van der Waals surface area contributed by atoms with Crippen LogP contribution in [-0.2, 0) is 80.9 Å². The van der Waals surface area contributed by atoms with Gasteiger partial charge in [-0.2, -0.15) is 67.3 Å². The van der Waals surface area contributed by atoms with Crippen LogP contribution in [0.15, 0.2) is 97.1 Å². The molecule has 8 rings (SSSR count). The second kappa shape index (κ2) is 26.0. The first kappa shape index (κ1) is 71.3. The van der Waals surface area contributed by atoms with Crippen molar-refractivity contribution in [3.8, 4) is 33.4 Å². The van der Waals surface area contributed by atoms with Crippen LogP contribution in [0.25, 0.3) is 78.6 Å². The standard InChI is InChI=1S/C49H45FN8O28S8/c50-30-3-1-23(2-4-30)43-33-9-11-37(57-33)44(24-13-26(46(59)51-19-39(87(63,64)65)88(66,67)68)17-27(14-24)47(60)52-20-40(89(69,70)71)90(72,73)74)35-7-5-31(55-35)32-6-8-36(56-32)45(38-12-10-34(43)58-38)25-15-28(48(61)53-21-41(91(75,76)77)92(78,79)80)18-29(16-25)49(62)54-22-42(93(81,82)83)94(84,85)86/h1-18,39-42,55-57H,19-22H2,(H,51,59)(H,52,60)(H,53,61)(H,54,62)(H,63,64,65)(H,66,67,68)(H,69,70,71)(H,72,73,74)(H,75,76,77)(H,78,79,80)(H,81,82,83)(H,84,85,86). The maximum Gasteiger partial charge on any atom is 0.286 e. The summed E-state index contributed by atoms with van der Waals surface area (Å²) in [7, 11) is -45.4. The Balaban J connectivity index is 1.42. The van der Waals surface area contributed by atoms with E-state index in [0.29, 0.717) is 0 Å². The van der Waals surface area contributed by atoms with Crippen molar-refractivity contribution < 1.29 is 127 Å².